The number of nitrogens with zero attached hydrogens (tertiary/aromatic N) is 2. The molecule has 1 heterocycles. The molecule has 15 heteroatoms. The van der Waals surface area contributed by atoms with Gasteiger partial charge >= 0.3 is 5.97 Å². The smallest absolute Gasteiger partial charge is 0.328 e. The van der Waals surface area contributed by atoms with Crippen LogP contribution in [0.2, 0.25) is 0 Å². The molecule has 0 aromatic rings. The van der Waals surface area contributed by atoms with Crippen LogP contribution in [0.3, 0.4) is 0 Å². The lowest BCUT2D eigenvalue weighted by Crippen LogP contribution is -2.55. The van der Waals surface area contributed by atoms with E-state index >= 15 is 0 Å². The van der Waals surface area contributed by atoms with Gasteiger partial charge < -0.3 is 48.3 Å². The molecular weight excluding hydrogens is 440 g/mol. The Morgan fingerprint density at radius 1 is 1.09 bits per heavy atom. The van der Waals surface area contributed by atoms with E-state index in [0.29, 0.717) is 19.3 Å². The normalized spacial score (nSPS) is 16.9. The number of likely N-dealkylation sites (tertiary alicyclic amines) is 1. The minimum Gasteiger partial charge on any atom is -0.480 e. The molecule has 1 rings (SSSR count). The number of aliphatic carboxylic acids is 1. The number of aliphatic hydroxyl groups excluding tert-OH is 1. The number of guanidine groups is 1. The van der Waals surface area contributed by atoms with Crippen molar-refractivity contribution < 1.29 is 34.2 Å². The largest absolute Gasteiger partial charge is 0.480 e. The molecule has 1 aliphatic heterocycles. The number of nitrogens with one attached hydrogen (secondary N) is 3. The molecule has 3 atom stereocenters. The van der Waals surface area contributed by atoms with Crippen LogP contribution in [0.4, 0.5) is 0 Å². The molecule has 186 valence electrons. The van der Waals surface area contributed by atoms with E-state index in [1.807, 2.05) is 0 Å². The van der Waals surface area contributed by atoms with E-state index in [2.05, 4.69) is 20.9 Å². The average molecular weight is 473 g/mol. The highest BCUT2D eigenvalue weighted by Crippen LogP contribution is 2.19. The zero-order valence-electron chi connectivity index (χ0n) is 18.2. The van der Waals surface area contributed by atoms with E-state index in [1.165, 1.54) is 4.90 Å². The summed E-state index contributed by atoms with van der Waals surface area (Å²) in [7, 11) is 0. The van der Waals surface area contributed by atoms with Crippen molar-refractivity contribution in [3.05, 3.63) is 0 Å². The van der Waals surface area contributed by atoms with Crippen molar-refractivity contribution in [3.8, 4) is 0 Å². The third-order valence-electron chi connectivity index (χ3n) is 4.84. The van der Waals surface area contributed by atoms with Gasteiger partial charge in [0.2, 0.25) is 23.6 Å². The first-order chi connectivity index (χ1) is 15.6. The van der Waals surface area contributed by atoms with Crippen LogP contribution in [0.1, 0.15) is 25.7 Å². The average Bonchev–Trinajstić information content (AvgIpc) is 3.26. The third kappa shape index (κ3) is 9.28. The van der Waals surface area contributed by atoms with Crippen molar-refractivity contribution in [2.75, 3.05) is 32.8 Å². The zero-order valence-corrected chi connectivity index (χ0v) is 18.2. The summed E-state index contributed by atoms with van der Waals surface area (Å²) in [5.41, 5.74) is 15.9. The predicted octanol–water partition coefficient (Wildman–Crippen LogP) is -4.85. The number of hydrogen-bond acceptors (Lipinski definition) is 8. The molecule has 0 saturated carbocycles. The highest BCUT2D eigenvalue weighted by molar-refractivity contribution is 5.94. The number of nitrogens with two attached hydrogens (primary N) is 3. The number of amides is 4. The molecule has 0 aliphatic carbocycles. The Morgan fingerprint density at radius 3 is 2.33 bits per heavy atom. The van der Waals surface area contributed by atoms with Gasteiger partial charge in [-0.25, -0.2) is 4.79 Å². The Hall–Kier alpha value is -3.46. The lowest BCUT2D eigenvalue weighted by molar-refractivity contribution is -0.143. The van der Waals surface area contributed by atoms with Crippen LogP contribution in [0.15, 0.2) is 4.99 Å². The highest BCUT2D eigenvalue weighted by atomic mass is 16.4. The molecule has 4 amide bonds. The van der Waals surface area contributed by atoms with Gasteiger partial charge in [0.25, 0.3) is 0 Å². The third-order valence-corrected chi connectivity index (χ3v) is 4.84. The van der Waals surface area contributed by atoms with Crippen LogP contribution in [0.5, 0.6) is 0 Å². The fourth-order valence-electron chi connectivity index (χ4n) is 3.23. The van der Waals surface area contributed by atoms with E-state index < -0.39 is 60.9 Å². The zero-order chi connectivity index (χ0) is 25.0. The standard InChI is InChI=1S/C18H32N8O7/c19-7-13(28)24-10(3-1-5-22-18(20)21)16(31)26-6-2-4-12(26)15(30)23-8-14(29)25-11(9-27)17(32)33/h10-12,27H,1-9,19H2,(H,23,30)(H,24,28)(H,25,29)(H,32,33)(H4,20,21,22)/t10-,11-,12-/m0/s1. The Morgan fingerprint density at radius 2 is 1.76 bits per heavy atom. The summed E-state index contributed by atoms with van der Waals surface area (Å²) >= 11 is 0. The monoisotopic (exact) mass is 472 g/mol. The second kappa shape index (κ2) is 13.8. The molecule has 0 radical (unpaired) electrons. The molecule has 0 bridgehead atoms. The fraction of sp³-hybridized carbons (Fsp3) is 0.667. The Labute approximate surface area is 190 Å². The molecule has 1 fully saturated rings. The summed E-state index contributed by atoms with van der Waals surface area (Å²) in [5, 5.41) is 24.7. The first-order valence-corrected chi connectivity index (χ1v) is 10.4. The van der Waals surface area contributed by atoms with Crippen molar-refractivity contribution in [3.63, 3.8) is 0 Å². The van der Waals surface area contributed by atoms with Crippen molar-refractivity contribution >= 4 is 35.6 Å². The van der Waals surface area contributed by atoms with Gasteiger partial charge in [-0.05, 0) is 25.7 Å². The summed E-state index contributed by atoms with van der Waals surface area (Å²) in [6.45, 7) is -1.14. The second-order valence-corrected chi connectivity index (χ2v) is 7.32. The maximum Gasteiger partial charge on any atom is 0.328 e. The summed E-state index contributed by atoms with van der Waals surface area (Å²) in [6.07, 6.45) is 1.48. The van der Waals surface area contributed by atoms with Crippen LogP contribution in [-0.2, 0) is 24.0 Å². The van der Waals surface area contributed by atoms with Gasteiger partial charge in [0.05, 0.1) is 19.7 Å². The molecule has 15 nitrogen and oxygen atoms in total. The minimum atomic E-state index is -1.50. The van der Waals surface area contributed by atoms with Gasteiger partial charge in [0, 0.05) is 13.1 Å². The van der Waals surface area contributed by atoms with E-state index in [0.717, 1.165) is 0 Å². The van der Waals surface area contributed by atoms with Gasteiger partial charge in [-0.15, -0.1) is 0 Å². The fourth-order valence-corrected chi connectivity index (χ4v) is 3.23. The number of carbonyl (C=O) groups is 5. The molecule has 0 aromatic carbocycles. The molecule has 33 heavy (non-hydrogen) atoms. The highest BCUT2D eigenvalue weighted by Gasteiger charge is 2.37. The molecule has 0 unspecified atom stereocenters. The lowest BCUT2D eigenvalue weighted by atomic mass is 10.1. The molecule has 1 saturated heterocycles. The van der Waals surface area contributed by atoms with Gasteiger partial charge in [-0.2, -0.15) is 0 Å². The maximum absolute atomic E-state index is 13.1. The van der Waals surface area contributed by atoms with Crippen LogP contribution >= 0.6 is 0 Å². The number of aliphatic imine (C=N–C) groups is 1. The number of carboxylic acids is 1. The predicted molar refractivity (Wildman–Crippen MR) is 115 cm³/mol. The number of rotatable bonds is 13. The van der Waals surface area contributed by atoms with Gasteiger partial charge in [-0.1, -0.05) is 0 Å². The lowest BCUT2D eigenvalue weighted by Gasteiger charge is -2.28. The Balaban J connectivity index is 2.75. The molecule has 0 aromatic heterocycles. The molecule has 11 N–H and O–H groups in total. The topological polar surface area (TPSA) is 256 Å². The number of carboxylic acid groups (broad SMARTS) is 1. The number of carbonyl (C=O) groups excluding carboxylic acids is 4. The number of hydrogen-bond donors (Lipinski definition) is 8. The summed E-state index contributed by atoms with van der Waals surface area (Å²) in [6, 6.07) is -3.30. The minimum absolute atomic E-state index is 0.0992. The quantitative estimate of drug-likeness (QED) is 0.0720. The van der Waals surface area contributed by atoms with E-state index in [-0.39, 0.29) is 32.0 Å². The van der Waals surface area contributed by atoms with Crippen LogP contribution in [0.25, 0.3) is 0 Å². The van der Waals surface area contributed by atoms with Gasteiger partial charge in [0.1, 0.15) is 18.1 Å². The maximum atomic E-state index is 13.1. The summed E-state index contributed by atoms with van der Waals surface area (Å²) < 4.78 is 0. The Bertz CT molecular complexity index is 756. The van der Waals surface area contributed by atoms with Crippen molar-refractivity contribution in [1.82, 2.24) is 20.9 Å². The van der Waals surface area contributed by atoms with Crippen LogP contribution < -0.4 is 33.2 Å². The van der Waals surface area contributed by atoms with Gasteiger partial charge in [0.15, 0.2) is 5.96 Å². The van der Waals surface area contributed by atoms with Crippen LogP contribution in [0, 0.1) is 0 Å². The van der Waals surface area contributed by atoms with E-state index in [9.17, 15) is 24.0 Å². The first-order valence-electron chi connectivity index (χ1n) is 10.4. The molecule has 1 aliphatic rings. The van der Waals surface area contributed by atoms with Crippen LogP contribution in [-0.4, -0.2) is 102 Å². The van der Waals surface area contributed by atoms with Crippen molar-refractivity contribution in [2.24, 2.45) is 22.2 Å². The molecule has 0 spiro atoms. The molecular formula is C18H32N8O7. The summed E-state index contributed by atoms with van der Waals surface area (Å²) in [4.78, 5) is 65.3. The van der Waals surface area contributed by atoms with E-state index in [1.54, 1.807) is 0 Å². The van der Waals surface area contributed by atoms with Crippen molar-refractivity contribution in [1.29, 1.82) is 0 Å². The Kier molecular flexibility index (Phi) is 11.6. The summed E-state index contributed by atoms with van der Waals surface area (Å²) in [5.74, 6) is -3.95. The van der Waals surface area contributed by atoms with Gasteiger partial charge in [-0.3, -0.25) is 24.2 Å². The second-order valence-electron chi connectivity index (χ2n) is 7.32. The van der Waals surface area contributed by atoms with Crippen molar-refractivity contribution in [2.45, 2.75) is 43.8 Å². The van der Waals surface area contributed by atoms with E-state index in [4.69, 9.17) is 27.4 Å². The SMILES string of the molecule is NCC(=O)N[C@@H](CCCN=C(N)N)C(=O)N1CCC[C@H]1C(=O)NCC(=O)N[C@@H](CO)C(=O)O. The number of aliphatic hydroxyl groups is 1. The first kappa shape index (κ1) is 27.6.